The zero-order valence-corrected chi connectivity index (χ0v) is 11.2. The molecule has 19 heavy (non-hydrogen) atoms. The standard InChI is InChI=1S/C12H20N2O5/c1-12(2)6-3-7-14(12)11(19)13-8(10(17)18)4-5-9(15)16/h8H,3-7H2,1-2H3,(H,13,19)(H,15,16)(H,17,18)/t8-/m0/s1. The van der Waals surface area contributed by atoms with Gasteiger partial charge in [0.1, 0.15) is 6.04 Å². The number of aliphatic carboxylic acids is 2. The molecule has 1 atom stereocenters. The van der Waals surface area contributed by atoms with Gasteiger partial charge in [0.25, 0.3) is 0 Å². The number of nitrogens with one attached hydrogen (secondary N) is 1. The summed E-state index contributed by atoms with van der Waals surface area (Å²) < 4.78 is 0. The zero-order chi connectivity index (χ0) is 14.6. The van der Waals surface area contributed by atoms with Crippen LogP contribution in [0, 0.1) is 0 Å². The number of hydrogen-bond acceptors (Lipinski definition) is 3. The van der Waals surface area contributed by atoms with E-state index in [0.717, 1.165) is 12.8 Å². The average molecular weight is 272 g/mol. The highest BCUT2D eigenvalue weighted by Gasteiger charge is 2.36. The van der Waals surface area contributed by atoms with Crippen LogP contribution in [0.3, 0.4) is 0 Å². The smallest absolute Gasteiger partial charge is 0.326 e. The number of urea groups is 1. The van der Waals surface area contributed by atoms with Gasteiger partial charge in [-0.3, -0.25) is 4.79 Å². The lowest BCUT2D eigenvalue weighted by molar-refractivity contribution is -0.140. The summed E-state index contributed by atoms with van der Waals surface area (Å²) in [6.45, 7) is 4.43. The minimum Gasteiger partial charge on any atom is -0.481 e. The Morgan fingerprint density at radius 3 is 2.37 bits per heavy atom. The molecule has 1 heterocycles. The molecule has 2 amide bonds. The van der Waals surface area contributed by atoms with E-state index in [9.17, 15) is 14.4 Å². The van der Waals surface area contributed by atoms with Crippen LogP contribution >= 0.6 is 0 Å². The van der Waals surface area contributed by atoms with Crippen LogP contribution in [0.1, 0.15) is 39.5 Å². The molecule has 0 aliphatic carbocycles. The lowest BCUT2D eigenvalue weighted by Crippen LogP contribution is -2.52. The van der Waals surface area contributed by atoms with Crippen LogP contribution in [-0.2, 0) is 9.59 Å². The van der Waals surface area contributed by atoms with Crippen molar-refractivity contribution in [1.82, 2.24) is 10.2 Å². The van der Waals surface area contributed by atoms with E-state index in [0.29, 0.717) is 6.54 Å². The van der Waals surface area contributed by atoms with Gasteiger partial charge in [-0.05, 0) is 33.1 Å². The van der Waals surface area contributed by atoms with E-state index in [4.69, 9.17) is 10.2 Å². The molecule has 7 nitrogen and oxygen atoms in total. The second kappa shape index (κ2) is 5.90. The number of amides is 2. The quantitative estimate of drug-likeness (QED) is 0.689. The molecule has 0 bridgehead atoms. The molecule has 1 rings (SSSR count). The van der Waals surface area contributed by atoms with Crippen molar-refractivity contribution in [1.29, 1.82) is 0 Å². The number of rotatable bonds is 5. The third-order valence-electron chi connectivity index (χ3n) is 3.39. The Morgan fingerprint density at radius 2 is 1.95 bits per heavy atom. The SMILES string of the molecule is CC1(C)CCCN1C(=O)N[C@@H](CCC(=O)O)C(=O)O. The molecule has 0 radical (unpaired) electrons. The average Bonchev–Trinajstić information content (AvgIpc) is 2.63. The second-order valence-electron chi connectivity index (χ2n) is 5.34. The van der Waals surface area contributed by atoms with Crippen molar-refractivity contribution < 1.29 is 24.6 Å². The molecule has 0 aromatic carbocycles. The Kier molecular flexibility index (Phi) is 4.74. The van der Waals surface area contributed by atoms with Crippen LogP contribution in [0.4, 0.5) is 4.79 Å². The molecule has 3 N–H and O–H groups in total. The van der Waals surface area contributed by atoms with Crippen LogP contribution in [0.25, 0.3) is 0 Å². The molecule has 1 saturated heterocycles. The van der Waals surface area contributed by atoms with Crippen molar-refractivity contribution >= 4 is 18.0 Å². The summed E-state index contributed by atoms with van der Waals surface area (Å²) in [4.78, 5) is 35.1. The number of carboxylic acids is 2. The second-order valence-corrected chi connectivity index (χ2v) is 5.34. The largest absolute Gasteiger partial charge is 0.481 e. The van der Waals surface area contributed by atoms with Crippen molar-refractivity contribution in [2.45, 2.75) is 51.1 Å². The minimum atomic E-state index is -1.22. The predicted molar refractivity (Wildman–Crippen MR) is 66.8 cm³/mol. The van der Waals surface area contributed by atoms with Crippen molar-refractivity contribution in [3.63, 3.8) is 0 Å². The lowest BCUT2D eigenvalue weighted by atomic mass is 10.0. The zero-order valence-electron chi connectivity index (χ0n) is 11.2. The summed E-state index contributed by atoms with van der Waals surface area (Å²) >= 11 is 0. The molecular weight excluding hydrogens is 252 g/mol. The van der Waals surface area contributed by atoms with Crippen molar-refractivity contribution in [3.05, 3.63) is 0 Å². The van der Waals surface area contributed by atoms with Gasteiger partial charge in [-0.1, -0.05) is 0 Å². The third kappa shape index (κ3) is 4.11. The normalized spacial score (nSPS) is 18.9. The first-order chi connectivity index (χ1) is 8.74. The number of hydrogen-bond donors (Lipinski definition) is 3. The molecule has 108 valence electrons. The van der Waals surface area contributed by atoms with Gasteiger partial charge >= 0.3 is 18.0 Å². The highest BCUT2D eigenvalue weighted by Crippen LogP contribution is 2.28. The number of carbonyl (C=O) groups is 3. The van der Waals surface area contributed by atoms with E-state index in [1.54, 1.807) is 4.90 Å². The summed E-state index contributed by atoms with van der Waals surface area (Å²) in [6.07, 6.45) is 1.34. The molecular formula is C12H20N2O5. The number of carbonyl (C=O) groups excluding carboxylic acids is 1. The van der Waals surface area contributed by atoms with Crippen molar-refractivity contribution in [3.8, 4) is 0 Å². The number of nitrogens with zero attached hydrogens (tertiary/aromatic N) is 1. The highest BCUT2D eigenvalue weighted by molar-refractivity contribution is 5.83. The van der Waals surface area contributed by atoms with E-state index >= 15 is 0 Å². The molecule has 0 aromatic rings. The first-order valence-corrected chi connectivity index (χ1v) is 6.27. The van der Waals surface area contributed by atoms with Gasteiger partial charge < -0.3 is 20.4 Å². The minimum absolute atomic E-state index is 0.120. The van der Waals surface area contributed by atoms with Gasteiger partial charge in [-0.2, -0.15) is 0 Å². The summed E-state index contributed by atoms with van der Waals surface area (Å²) in [7, 11) is 0. The summed E-state index contributed by atoms with van der Waals surface area (Å²) in [5.41, 5.74) is -0.292. The van der Waals surface area contributed by atoms with Crippen LogP contribution in [0.2, 0.25) is 0 Å². The monoisotopic (exact) mass is 272 g/mol. The maximum atomic E-state index is 12.0. The Labute approximate surface area is 111 Å². The van der Waals surface area contributed by atoms with E-state index in [1.807, 2.05) is 13.8 Å². The molecule has 0 saturated carbocycles. The van der Waals surface area contributed by atoms with Crippen LogP contribution in [0.5, 0.6) is 0 Å². The van der Waals surface area contributed by atoms with Crippen LogP contribution in [0.15, 0.2) is 0 Å². The van der Waals surface area contributed by atoms with E-state index < -0.39 is 24.0 Å². The first kappa shape index (κ1) is 15.3. The Bertz CT molecular complexity index is 380. The molecule has 0 spiro atoms. The first-order valence-electron chi connectivity index (χ1n) is 6.27. The topological polar surface area (TPSA) is 107 Å². The fourth-order valence-corrected chi connectivity index (χ4v) is 2.24. The summed E-state index contributed by atoms with van der Waals surface area (Å²) in [5.74, 6) is -2.30. The highest BCUT2D eigenvalue weighted by atomic mass is 16.4. The van der Waals surface area contributed by atoms with Crippen LogP contribution < -0.4 is 5.32 Å². The van der Waals surface area contributed by atoms with E-state index in [-0.39, 0.29) is 18.4 Å². The summed E-state index contributed by atoms with van der Waals surface area (Å²) in [5, 5.41) is 19.9. The summed E-state index contributed by atoms with van der Waals surface area (Å²) in [6, 6.07) is -1.61. The predicted octanol–water partition coefficient (Wildman–Crippen LogP) is 0.888. The maximum absolute atomic E-state index is 12.0. The van der Waals surface area contributed by atoms with Gasteiger partial charge in [-0.15, -0.1) is 0 Å². The van der Waals surface area contributed by atoms with E-state index in [1.165, 1.54) is 0 Å². The molecule has 1 fully saturated rings. The molecule has 0 unspecified atom stereocenters. The Morgan fingerprint density at radius 1 is 1.32 bits per heavy atom. The van der Waals surface area contributed by atoms with Gasteiger partial charge in [-0.25, -0.2) is 9.59 Å². The maximum Gasteiger partial charge on any atom is 0.326 e. The number of carboxylic acid groups (broad SMARTS) is 2. The van der Waals surface area contributed by atoms with E-state index in [2.05, 4.69) is 5.32 Å². The lowest BCUT2D eigenvalue weighted by Gasteiger charge is -2.32. The molecule has 0 aromatic heterocycles. The third-order valence-corrected chi connectivity index (χ3v) is 3.39. The van der Waals surface area contributed by atoms with Crippen LogP contribution in [-0.4, -0.2) is 51.2 Å². The fourth-order valence-electron chi connectivity index (χ4n) is 2.24. The molecule has 1 aliphatic heterocycles. The Balaban J connectivity index is 2.61. The fraction of sp³-hybridized carbons (Fsp3) is 0.750. The Hall–Kier alpha value is -1.79. The van der Waals surface area contributed by atoms with Crippen molar-refractivity contribution in [2.24, 2.45) is 0 Å². The van der Waals surface area contributed by atoms with Gasteiger partial charge in [0.15, 0.2) is 0 Å². The number of likely N-dealkylation sites (tertiary alicyclic amines) is 1. The van der Waals surface area contributed by atoms with Gasteiger partial charge in [0.05, 0.1) is 0 Å². The molecule has 1 aliphatic rings. The molecule has 7 heteroatoms. The van der Waals surface area contributed by atoms with Gasteiger partial charge in [0, 0.05) is 18.5 Å². The van der Waals surface area contributed by atoms with Gasteiger partial charge in [0.2, 0.25) is 0 Å². The van der Waals surface area contributed by atoms with Crippen molar-refractivity contribution in [2.75, 3.05) is 6.54 Å².